The number of aryl methyl sites for hydroxylation is 1. The quantitative estimate of drug-likeness (QED) is 0.675. The zero-order chi connectivity index (χ0) is 16.8. The highest BCUT2D eigenvalue weighted by molar-refractivity contribution is 7.09. The Kier molecular flexibility index (Phi) is 3.35. The first kappa shape index (κ1) is 14.7. The monoisotopic (exact) mass is 347 g/mol. The average Bonchev–Trinajstić information content (AvgIpc) is 3.28. The second kappa shape index (κ2) is 5.70. The number of rotatable bonds is 2. The Morgan fingerprint density at radius 2 is 1.88 bits per heavy atom. The van der Waals surface area contributed by atoms with Crippen LogP contribution in [0.25, 0.3) is 0 Å². The minimum Gasteiger partial charge on any atom is -0.463 e. The second-order valence-corrected chi connectivity index (χ2v) is 7.21. The van der Waals surface area contributed by atoms with Gasteiger partial charge < -0.3 is 4.74 Å². The van der Waals surface area contributed by atoms with Gasteiger partial charge in [-0.3, -0.25) is 0 Å². The summed E-state index contributed by atoms with van der Waals surface area (Å²) in [6.45, 7) is 2.03. The molecule has 0 amide bonds. The van der Waals surface area contributed by atoms with Crippen LogP contribution in [0.1, 0.15) is 40.4 Å². The van der Waals surface area contributed by atoms with Crippen molar-refractivity contribution in [3.63, 3.8) is 0 Å². The molecule has 5 rings (SSSR count). The van der Waals surface area contributed by atoms with E-state index < -0.39 is 0 Å². The van der Waals surface area contributed by atoms with Crippen LogP contribution in [0.4, 0.5) is 0 Å². The highest BCUT2D eigenvalue weighted by Crippen LogP contribution is 2.48. The lowest BCUT2D eigenvalue weighted by Crippen LogP contribution is -2.33. The van der Waals surface area contributed by atoms with Gasteiger partial charge in [-0.1, -0.05) is 48.5 Å². The van der Waals surface area contributed by atoms with E-state index in [0.29, 0.717) is 0 Å². The normalized spacial score (nSPS) is 21.3. The van der Waals surface area contributed by atoms with Crippen LogP contribution in [0.2, 0.25) is 0 Å². The van der Waals surface area contributed by atoms with Crippen LogP contribution in [0.5, 0.6) is 5.75 Å². The second-order valence-electron chi connectivity index (χ2n) is 6.32. The average molecular weight is 347 g/mol. The van der Waals surface area contributed by atoms with Crippen LogP contribution < -0.4 is 4.74 Å². The lowest BCUT2D eigenvalue weighted by atomic mass is 9.96. The molecule has 0 bridgehead atoms. The standard InChI is InChI=1S/C20H17N3OS/c1-13-19(25-12-21-13)20-23-17(15-9-5-6-10-18(15)24-20)11-16(22-23)14-7-3-2-4-8-14/h2-10,12,17,20H,11H2,1H3/t17-,20+/m1/s1. The van der Waals surface area contributed by atoms with Crippen molar-refractivity contribution in [1.29, 1.82) is 0 Å². The maximum atomic E-state index is 6.34. The molecule has 2 atom stereocenters. The van der Waals surface area contributed by atoms with Crippen LogP contribution in [0, 0.1) is 6.92 Å². The number of nitrogens with zero attached hydrogens (tertiary/aromatic N) is 3. The first-order chi connectivity index (χ1) is 12.3. The van der Waals surface area contributed by atoms with Crippen molar-refractivity contribution in [2.75, 3.05) is 0 Å². The van der Waals surface area contributed by atoms with Crippen molar-refractivity contribution in [2.45, 2.75) is 25.6 Å². The third kappa shape index (κ3) is 2.35. The van der Waals surface area contributed by atoms with E-state index in [4.69, 9.17) is 9.84 Å². The summed E-state index contributed by atoms with van der Waals surface area (Å²) in [7, 11) is 0. The predicted octanol–water partition coefficient (Wildman–Crippen LogP) is 4.69. The minimum absolute atomic E-state index is 0.201. The zero-order valence-corrected chi connectivity index (χ0v) is 14.6. The van der Waals surface area contributed by atoms with Gasteiger partial charge in [-0.05, 0) is 18.6 Å². The first-order valence-electron chi connectivity index (χ1n) is 8.38. The van der Waals surface area contributed by atoms with E-state index in [1.54, 1.807) is 11.3 Å². The molecule has 3 aromatic rings. The highest BCUT2D eigenvalue weighted by atomic mass is 32.1. The van der Waals surface area contributed by atoms with Gasteiger partial charge in [-0.15, -0.1) is 11.3 Å². The molecular formula is C20H17N3OS. The number of para-hydroxylation sites is 1. The van der Waals surface area contributed by atoms with Crippen molar-refractivity contribution < 1.29 is 4.74 Å². The topological polar surface area (TPSA) is 37.7 Å². The number of benzene rings is 2. The van der Waals surface area contributed by atoms with Gasteiger partial charge in [-0.2, -0.15) is 5.10 Å². The van der Waals surface area contributed by atoms with Gasteiger partial charge in [0, 0.05) is 12.0 Å². The minimum atomic E-state index is -0.214. The molecule has 2 aliphatic heterocycles. The van der Waals surface area contributed by atoms with Crippen LogP contribution in [0.3, 0.4) is 0 Å². The first-order valence-corrected chi connectivity index (χ1v) is 9.26. The summed E-state index contributed by atoms with van der Waals surface area (Å²) in [5.41, 5.74) is 6.38. The molecule has 2 aliphatic rings. The number of aromatic nitrogens is 1. The Morgan fingerprint density at radius 3 is 2.68 bits per heavy atom. The Hall–Kier alpha value is -2.66. The Morgan fingerprint density at radius 1 is 1.08 bits per heavy atom. The summed E-state index contributed by atoms with van der Waals surface area (Å²) in [6, 6.07) is 18.9. The largest absolute Gasteiger partial charge is 0.463 e. The molecule has 0 saturated heterocycles. The molecule has 5 heteroatoms. The number of fused-ring (bicyclic) bond motifs is 3. The van der Waals surface area contributed by atoms with Crippen LogP contribution >= 0.6 is 11.3 Å². The highest BCUT2D eigenvalue weighted by Gasteiger charge is 2.41. The number of ether oxygens (including phenoxy) is 1. The van der Waals surface area contributed by atoms with Crippen molar-refractivity contribution in [3.05, 3.63) is 81.8 Å². The van der Waals surface area contributed by atoms with E-state index in [-0.39, 0.29) is 12.3 Å². The van der Waals surface area contributed by atoms with Crippen molar-refractivity contribution >= 4 is 17.0 Å². The van der Waals surface area contributed by atoms with Crippen LogP contribution in [0.15, 0.2) is 65.2 Å². The van der Waals surface area contributed by atoms with E-state index in [2.05, 4.69) is 52.5 Å². The molecule has 0 saturated carbocycles. The molecule has 124 valence electrons. The smallest absolute Gasteiger partial charge is 0.224 e. The maximum absolute atomic E-state index is 6.34. The fourth-order valence-electron chi connectivity index (χ4n) is 3.56. The molecule has 2 aromatic carbocycles. The third-order valence-corrected chi connectivity index (χ3v) is 5.77. The van der Waals surface area contributed by atoms with E-state index in [1.165, 1.54) is 11.1 Å². The lowest BCUT2D eigenvalue weighted by molar-refractivity contribution is -0.0171. The Balaban J connectivity index is 1.62. The molecule has 0 spiro atoms. The van der Waals surface area contributed by atoms with Gasteiger partial charge in [0.25, 0.3) is 0 Å². The summed E-state index contributed by atoms with van der Waals surface area (Å²) in [5, 5.41) is 7.08. The molecule has 4 nitrogen and oxygen atoms in total. The summed E-state index contributed by atoms with van der Waals surface area (Å²) in [6.07, 6.45) is 0.673. The fourth-order valence-corrected chi connectivity index (χ4v) is 4.38. The predicted molar refractivity (Wildman–Crippen MR) is 98.8 cm³/mol. The lowest BCUT2D eigenvalue weighted by Gasteiger charge is -2.37. The van der Waals surface area contributed by atoms with Crippen LogP contribution in [-0.2, 0) is 0 Å². The molecule has 0 unspecified atom stereocenters. The third-order valence-electron chi connectivity index (χ3n) is 4.81. The number of hydrazone groups is 1. The summed E-state index contributed by atoms with van der Waals surface area (Å²) >= 11 is 1.63. The summed E-state index contributed by atoms with van der Waals surface area (Å²) in [4.78, 5) is 5.53. The van der Waals surface area contributed by atoms with E-state index in [1.807, 2.05) is 24.6 Å². The van der Waals surface area contributed by atoms with Crippen molar-refractivity contribution in [2.24, 2.45) is 5.10 Å². The van der Waals surface area contributed by atoms with Gasteiger partial charge >= 0.3 is 0 Å². The molecule has 0 fully saturated rings. The van der Waals surface area contributed by atoms with Crippen molar-refractivity contribution in [1.82, 2.24) is 9.99 Å². The van der Waals surface area contributed by atoms with E-state index in [0.717, 1.165) is 28.5 Å². The zero-order valence-electron chi connectivity index (χ0n) is 13.8. The fraction of sp³-hybridized carbons (Fsp3) is 0.200. The number of hydrogen-bond acceptors (Lipinski definition) is 5. The number of thiazole rings is 1. The SMILES string of the molecule is Cc1ncsc1[C@@H]1Oc2ccccc2[C@H]2CC(c3ccccc3)=NN21. The summed E-state index contributed by atoms with van der Waals surface area (Å²) < 4.78 is 6.34. The molecule has 0 aliphatic carbocycles. The Bertz CT molecular complexity index is 950. The molecule has 3 heterocycles. The van der Waals surface area contributed by atoms with Gasteiger partial charge in [0.15, 0.2) is 0 Å². The van der Waals surface area contributed by atoms with Gasteiger partial charge in [0.05, 0.1) is 27.8 Å². The number of hydrogen-bond donors (Lipinski definition) is 0. The molecule has 1 aromatic heterocycles. The molecule has 0 N–H and O–H groups in total. The van der Waals surface area contributed by atoms with E-state index >= 15 is 0 Å². The van der Waals surface area contributed by atoms with Crippen LogP contribution in [-0.4, -0.2) is 15.7 Å². The molecular weight excluding hydrogens is 330 g/mol. The summed E-state index contributed by atoms with van der Waals surface area (Å²) in [5.74, 6) is 0.950. The molecule has 0 radical (unpaired) electrons. The Labute approximate surface area is 150 Å². The molecule has 25 heavy (non-hydrogen) atoms. The van der Waals surface area contributed by atoms with E-state index in [9.17, 15) is 0 Å². The van der Waals surface area contributed by atoms with Gasteiger partial charge in [-0.25, -0.2) is 9.99 Å². The maximum Gasteiger partial charge on any atom is 0.224 e. The van der Waals surface area contributed by atoms with Gasteiger partial charge in [0.1, 0.15) is 5.75 Å². The van der Waals surface area contributed by atoms with Gasteiger partial charge in [0.2, 0.25) is 6.23 Å². The van der Waals surface area contributed by atoms with Crippen molar-refractivity contribution in [3.8, 4) is 5.75 Å².